The summed E-state index contributed by atoms with van der Waals surface area (Å²) in [4.78, 5) is 13.9. The molecule has 2 N–H and O–H groups in total. The fourth-order valence-corrected chi connectivity index (χ4v) is 0.295. The van der Waals surface area contributed by atoms with E-state index in [-0.39, 0.29) is 0 Å². The van der Waals surface area contributed by atoms with Gasteiger partial charge in [0, 0.05) is 0 Å². The molecule has 0 atom stereocenters. The molecule has 0 saturated carbocycles. The van der Waals surface area contributed by atoms with E-state index in [1.54, 1.807) is 0 Å². The van der Waals surface area contributed by atoms with Crippen molar-refractivity contribution in [3.05, 3.63) is 0 Å². The second-order valence-corrected chi connectivity index (χ2v) is 2.35. The van der Waals surface area contributed by atoms with Gasteiger partial charge in [0.05, 0.1) is 13.2 Å². The number of hydrogen-bond donors (Lipinski definition) is 2. The lowest BCUT2D eigenvalue weighted by atomic mass is 10.8. The molecule has 1 aliphatic rings. The molecule has 0 aromatic carbocycles. The minimum atomic E-state index is -5.14. The summed E-state index contributed by atoms with van der Waals surface area (Å²) >= 11 is 0. The standard InChI is InChI=1S/C3H6O2.FH2O3P/c1-2-5-3-4-1;1-5(2,3)4/h1-3H2;(H2,2,3,4). The van der Waals surface area contributed by atoms with Gasteiger partial charge in [0.1, 0.15) is 6.79 Å². The van der Waals surface area contributed by atoms with E-state index < -0.39 is 7.91 Å². The fraction of sp³-hybridized carbons (Fsp3) is 1.00. The average Bonchev–Trinajstić information content (AvgIpc) is 2.07. The normalized spacial score (nSPS) is 17.9. The van der Waals surface area contributed by atoms with E-state index in [1.807, 2.05) is 0 Å². The van der Waals surface area contributed by atoms with Gasteiger partial charge in [-0.05, 0) is 0 Å². The highest BCUT2D eigenvalue weighted by molar-refractivity contribution is 7.45. The second kappa shape index (κ2) is 4.76. The van der Waals surface area contributed by atoms with Crippen LogP contribution in [0.5, 0.6) is 0 Å². The van der Waals surface area contributed by atoms with Crippen LogP contribution in [-0.2, 0) is 14.0 Å². The van der Waals surface area contributed by atoms with Crippen molar-refractivity contribution in [1.29, 1.82) is 0 Å². The predicted octanol–water partition coefficient (Wildman–Crippen LogP) is 0.0393. The van der Waals surface area contributed by atoms with Crippen molar-refractivity contribution in [2.45, 2.75) is 0 Å². The topological polar surface area (TPSA) is 76.0 Å². The van der Waals surface area contributed by atoms with Crippen LogP contribution in [0.3, 0.4) is 0 Å². The Morgan fingerprint density at radius 1 is 1.30 bits per heavy atom. The van der Waals surface area contributed by atoms with E-state index >= 15 is 0 Å². The first kappa shape index (κ1) is 10.0. The molecule has 1 heterocycles. The summed E-state index contributed by atoms with van der Waals surface area (Å²) in [7, 11) is -5.14. The molecular formula is C3H8FO5P. The van der Waals surface area contributed by atoms with Gasteiger partial charge in [-0.1, -0.05) is 0 Å². The Hall–Kier alpha value is -0.0000000000000000555. The largest absolute Gasteiger partial charge is 0.507 e. The van der Waals surface area contributed by atoms with E-state index in [9.17, 15) is 4.20 Å². The summed E-state index contributed by atoms with van der Waals surface area (Å²) in [6, 6.07) is 0. The van der Waals surface area contributed by atoms with Crippen molar-refractivity contribution in [2.75, 3.05) is 20.0 Å². The Labute approximate surface area is 57.0 Å². The molecule has 0 bridgehead atoms. The molecule has 10 heavy (non-hydrogen) atoms. The molecule has 1 fully saturated rings. The van der Waals surface area contributed by atoms with Gasteiger partial charge in [0.25, 0.3) is 0 Å². The molecule has 5 nitrogen and oxygen atoms in total. The van der Waals surface area contributed by atoms with E-state index in [0.717, 1.165) is 13.2 Å². The SMILES string of the molecule is C1COCO1.O=P(O)(O)F. The molecular weight excluding hydrogens is 166 g/mol. The highest BCUT2D eigenvalue weighted by Crippen LogP contribution is 2.34. The maximum Gasteiger partial charge on any atom is 0.507 e. The van der Waals surface area contributed by atoms with Crippen LogP contribution in [0.4, 0.5) is 4.20 Å². The molecule has 1 rings (SSSR count). The summed E-state index contributed by atoms with van der Waals surface area (Å²) in [6.45, 7) is 2.06. The first-order valence-corrected chi connectivity index (χ1v) is 3.91. The molecule has 1 aliphatic heterocycles. The summed E-state index contributed by atoms with van der Waals surface area (Å²) in [6.07, 6.45) is 0. The lowest BCUT2D eigenvalue weighted by Gasteiger charge is -1.77. The Kier molecular flexibility index (Phi) is 4.76. The van der Waals surface area contributed by atoms with Crippen LogP contribution in [0, 0.1) is 0 Å². The minimum absolute atomic E-state index is 0.500. The molecule has 1 saturated heterocycles. The van der Waals surface area contributed by atoms with Crippen molar-refractivity contribution in [1.82, 2.24) is 0 Å². The van der Waals surface area contributed by atoms with E-state index in [2.05, 4.69) is 0 Å². The van der Waals surface area contributed by atoms with Gasteiger partial charge in [0.2, 0.25) is 0 Å². The van der Waals surface area contributed by atoms with Crippen molar-refractivity contribution in [2.24, 2.45) is 0 Å². The first-order chi connectivity index (χ1) is 4.50. The second-order valence-electron chi connectivity index (χ2n) is 1.41. The summed E-state index contributed by atoms with van der Waals surface area (Å²) < 4.78 is 28.5. The third-order valence-corrected chi connectivity index (χ3v) is 0.539. The monoisotopic (exact) mass is 174 g/mol. The van der Waals surface area contributed by atoms with Gasteiger partial charge < -0.3 is 9.47 Å². The van der Waals surface area contributed by atoms with Gasteiger partial charge in [-0.3, -0.25) is 9.79 Å². The molecule has 0 aromatic heterocycles. The van der Waals surface area contributed by atoms with Gasteiger partial charge in [-0.25, -0.2) is 4.57 Å². The number of hydrogen-bond acceptors (Lipinski definition) is 3. The smallest absolute Gasteiger partial charge is 0.353 e. The van der Waals surface area contributed by atoms with Crippen LogP contribution < -0.4 is 0 Å². The van der Waals surface area contributed by atoms with Crippen molar-refractivity contribution in [3.8, 4) is 0 Å². The highest BCUT2D eigenvalue weighted by atomic mass is 31.2. The molecule has 0 amide bonds. The van der Waals surface area contributed by atoms with Crippen molar-refractivity contribution in [3.63, 3.8) is 0 Å². The third kappa shape index (κ3) is 15.7. The highest BCUT2D eigenvalue weighted by Gasteiger charge is 2.04. The molecule has 62 valence electrons. The number of halogens is 1. The number of ether oxygens (including phenoxy) is 2. The van der Waals surface area contributed by atoms with Crippen LogP contribution in [0.2, 0.25) is 0 Å². The third-order valence-electron chi connectivity index (χ3n) is 0.539. The molecule has 0 spiro atoms. The quantitative estimate of drug-likeness (QED) is 0.507. The average molecular weight is 174 g/mol. The van der Waals surface area contributed by atoms with Gasteiger partial charge in [-0.2, -0.15) is 0 Å². The van der Waals surface area contributed by atoms with Crippen LogP contribution in [-0.4, -0.2) is 29.8 Å². The van der Waals surface area contributed by atoms with Crippen molar-refractivity contribution >= 4 is 7.91 Å². The zero-order chi connectivity index (χ0) is 8.04. The summed E-state index contributed by atoms with van der Waals surface area (Å²) in [5.41, 5.74) is 0. The van der Waals surface area contributed by atoms with Crippen molar-refractivity contribution < 1.29 is 28.0 Å². The zero-order valence-electron chi connectivity index (χ0n) is 5.07. The van der Waals surface area contributed by atoms with Gasteiger partial charge in [0.15, 0.2) is 0 Å². The van der Waals surface area contributed by atoms with Crippen LogP contribution in [0.15, 0.2) is 0 Å². The Bertz CT molecular complexity index is 102. The lowest BCUT2D eigenvalue weighted by Crippen LogP contribution is -1.79. The molecule has 0 aromatic rings. The van der Waals surface area contributed by atoms with Gasteiger partial charge >= 0.3 is 7.91 Å². The Morgan fingerprint density at radius 3 is 1.70 bits per heavy atom. The minimum Gasteiger partial charge on any atom is -0.353 e. The lowest BCUT2D eigenvalue weighted by molar-refractivity contribution is 0.0692. The fourth-order valence-electron chi connectivity index (χ4n) is 0.295. The predicted molar refractivity (Wildman–Crippen MR) is 29.9 cm³/mol. The van der Waals surface area contributed by atoms with Crippen LogP contribution in [0.1, 0.15) is 0 Å². The number of rotatable bonds is 0. The Morgan fingerprint density at radius 2 is 1.60 bits per heavy atom. The van der Waals surface area contributed by atoms with E-state index in [0.29, 0.717) is 6.79 Å². The van der Waals surface area contributed by atoms with Crippen LogP contribution >= 0.6 is 7.91 Å². The molecule has 0 aliphatic carbocycles. The summed E-state index contributed by atoms with van der Waals surface area (Å²) in [5, 5.41) is 0. The molecule has 0 unspecified atom stereocenters. The molecule has 0 radical (unpaired) electrons. The first-order valence-electron chi connectivity index (χ1n) is 2.41. The molecule has 7 heteroatoms. The maximum absolute atomic E-state index is 10.4. The Balaban J connectivity index is 0.000000162. The van der Waals surface area contributed by atoms with Gasteiger partial charge in [-0.15, -0.1) is 4.20 Å². The summed E-state index contributed by atoms with van der Waals surface area (Å²) in [5.74, 6) is 0. The van der Waals surface area contributed by atoms with Crippen LogP contribution in [0.25, 0.3) is 0 Å². The van der Waals surface area contributed by atoms with E-state index in [4.69, 9.17) is 23.8 Å². The zero-order valence-corrected chi connectivity index (χ0v) is 5.96. The van der Waals surface area contributed by atoms with E-state index in [1.165, 1.54) is 0 Å². The maximum atomic E-state index is 10.4.